The molecule has 1 aromatic heterocycles. The maximum atomic E-state index is 12.8. The lowest BCUT2D eigenvalue weighted by Crippen LogP contribution is -2.18. The van der Waals surface area contributed by atoms with Gasteiger partial charge in [0.15, 0.2) is 0 Å². The maximum Gasteiger partial charge on any atom is 0.261 e. The monoisotopic (exact) mass is 471 g/mol. The van der Waals surface area contributed by atoms with Gasteiger partial charge in [0.05, 0.1) is 17.6 Å². The van der Waals surface area contributed by atoms with Crippen molar-refractivity contribution in [2.45, 2.75) is 24.2 Å². The van der Waals surface area contributed by atoms with Gasteiger partial charge in [-0.2, -0.15) is 0 Å². The number of hydrogen-bond donors (Lipinski definition) is 3. The van der Waals surface area contributed by atoms with Gasteiger partial charge in [-0.25, -0.2) is 8.42 Å². The molecule has 0 saturated heterocycles. The molecule has 1 heterocycles. The van der Waals surface area contributed by atoms with Crippen LogP contribution in [0.15, 0.2) is 53.4 Å². The van der Waals surface area contributed by atoms with E-state index in [-0.39, 0.29) is 16.1 Å². The molecule has 0 fully saturated rings. The molecule has 1 aliphatic rings. The lowest BCUT2D eigenvalue weighted by atomic mass is 10.1. The Bertz CT molecular complexity index is 1300. The topological polar surface area (TPSA) is 128 Å². The van der Waals surface area contributed by atoms with Gasteiger partial charge in [-0.05, 0) is 67.3 Å². The van der Waals surface area contributed by atoms with E-state index in [1.807, 2.05) is 0 Å². The summed E-state index contributed by atoms with van der Waals surface area (Å²) in [5, 5.41) is 3.19. The van der Waals surface area contributed by atoms with Gasteiger partial charge in [0.25, 0.3) is 21.8 Å². The number of primary amides is 1. The second kappa shape index (κ2) is 8.64. The fraction of sp³-hybridized carbons (Fsp3) is 0.182. The van der Waals surface area contributed by atoms with Gasteiger partial charge >= 0.3 is 0 Å². The molecule has 8 nitrogen and oxygen atoms in total. The normalized spacial score (nSPS) is 12.8. The maximum absolute atomic E-state index is 12.8. The zero-order valence-corrected chi connectivity index (χ0v) is 18.8. The van der Waals surface area contributed by atoms with Crippen molar-refractivity contribution in [2.24, 2.45) is 5.73 Å². The summed E-state index contributed by atoms with van der Waals surface area (Å²) in [5.74, 6) is -0.490. The molecule has 0 spiro atoms. The Morgan fingerprint density at radius 3 is 2.53 bits per heavy atom. The largest absolute Gasteiger partial charge is 0.497 e. The van der Waals surface area contributed by atoms with Crippen LogP contribution in [-0.4, -0.2) is 27.3 Å². The number of aryl methyl sites for hydroxylation is 1. The van der Waals surface area contributed by atoms with Crippen molar-refractivity contribution in [3.63, 3.8) is 0 Å². The van der Waals surface area contributed by atoms with E-state index in [0.717, 1.165) is 29.7 Å². The number of anilines is 2. The summed E-state index contributed by atoms with van der Waals surface area (Å²) >= 11 is 1.36. The summed E-state index contributed by atoms with van der Waals surface area (Å²) in [6.07, 6.45) is 2.59. The summed E-state index contributed by atoms with van der Waals surface area (Å²) in [4.78, 5) is 25.9. The summed E-state index contributed by atoms with van der Waals surface area (Å²) in [6.45, 7) is 0. The molecule has 0 bridgehead atoms. The van der Waals surface area contributed by atoms with Crippen molar-refractivity contribution >= 4 is 43.9 Å². The van der Waals surface area contributed by atoms with E-state index in [1.54, 1.807) is 30.3 Å². The number of rotatable bonds is 7. The van der Waals surface area contributed by atoms with Crippen LogP contribution in [0.25, 0.3) is 0 Å². The van der Waals surface area contributed by atoms with Gasteiger partial charge < -0.3 is 15.8 Å². The summed E-state index contributed by atoms with van der Waals surface area (Å²) in [7, 11) is -2.36. The Labute approximate surface area is 189 Å². The molecule has 3 aromatic rings. The van der Waals surface area contributed by atoms with Gasteiger partial charge in [0, 0.05) is 16.1 Å². The van der Waals surface area contributed by atoms with Crippen LogP contribution in [0.1, 0.15) is 37.6 Å². The average Bonchev–Trinajstić information content (AvgIpc) is 3.34. The number of ether oxygens (including phenoxy) is 1. The molecule has 166 valence electrons. The van der Waals surface area contributed by atoms with E-state index >= 15 is 0 Å². The zero-order chi connectivity index (χ0) is 22.9. The minimum absolute atomic E-state index is 0.0624. The Kier molecular flexibility index (Phi) is 5.90. The zero-order valence-electron chi connectivity index (χ0n) is 17.2. The summed E-state index contributed by atoms with van der Waals surface area (Å²) in [5.41, 5.74) is 7.30. The van der Waals surface area contributed by atoms with Crippen molar-refractivity contribution in [3.8, 4) is 5.75 Å². The van der Waals surface area contributed by atoms with Crippen LogP contribution in [0.4, 0.5) is 10.7 Å². The number of thiophene rings is 1. The third-order valence-corrected chi connectivity index (χ3v) is 7.75. The van der Waals surface area contributed by atoms with Gasteiger partial charge in [-0.1, -0.05) is 6.07 Å². The van der Waals surface area contributed by atoms with E-state index in [9.17, 15) is 18.0 Å². The highest BCUT2D eigenvalue weighted by molar-refractivity contribution is 7.92. The minimum Gasteiger partial charge on any atom is -0.497 e. The van der Waals surface area contributed by atoms with Crippen LogP contribution in [0.5, 0.6) is 5.75 Å². The Hall–Kier alpha value is -3.37. The van der Waals surface area contributed by atoms with Gasteiger partial charge in [0.2, 0.25) is 0 Å². The Morgan fingerprint density at radius 2 is 1.84 bits per heavy atom. The minimum atomic E-state index is -3.85. The first-order valence-corrected chi connectivity index (χ1v) is 12.1. The molecule has 1 aliphatic carbocycles. The van der Waals surface area contributed by atoms with Gasteiger partial charge in [-0.3, -0.25) is 14.3 Å². The fourth-order valence-corrected chi connectivity index (χ4v) is 5.96. The number of nitrogens with two attached hydrogens (primary N) is 1. The van der Waals surface area contributed by atoms with Crippen molar-refractivity contribution in [1.82, 2.24) is 0 Å². The van der Waals surface area contributed by atoms with E-state index in [2.05, 4.69) is 10.0 Å². The van der Waals surface area contributed by atoms with E-state index < -0.39 is 21.8 Å². The SMILES string of the molecule is COc1ccc(S(=O)(=O)Nc2cccc(C(=O)Nc3sc4c(c3C(N)=O)CCC4)c2)cc1. The van der Waals surface area contributed by atoms with Gasteiger partial charge in [-0.15, -0.1) is 11.3 Å². The van der Waals surface area contributed by atoms with Crippen molar-refractivity contribution in [2.75, 3.05) is 17.1 Å². The van der Waals surface area contributed by atoms with E-state index in [0.29, 0.717) is 16.3 Å². The lowest BCUT2D eigenvalue weighted by Gasteiger charge is -2.11. The molecule has 10 heteroatoms. The number of fused-ring (bicyclic) bond motifs is 1. The highest BCUT2D eigenvalue weighted by atomic mass is 32.2. The molecule has 32 heavy (non-hydrogen) atoms. The molecular weight excluding hydrogens is 450 g/mol. The predicted molar refractivity (Wildman–Crippen MR) is 123 cm³/mol. The highest BCUT2D eigenvalue weighted by Crippen LogP contribution is 2.39. The Balaban J connectivity index is 1.54. The molecule has 0 unspecified atom stereocenters. The Morgan fingerprint density at radius 1 is 1.09 bits per heavy atom. The summed E-state index contributed by atoms with van der Waals surface area (Å²) < 4.78 is 32.9. The summed E-state index contributed by atoms with van der Waals surface area (Å²) in [6, 6.07) is 12.1. The number of methoxy groups -OCH3 is 1. The van der Waals surface area contributed by atoms with Crippen LogP contribution in [0.3, 0.4) is 0 Å². The van der Waals surface area contributed by atoms with Crippen molar-refractivity contribution < 1.29 is 22.7 Å². The average molecular weight is 472 g/mol. The molecule has 4 rings (SSSR count). The molecule has 4 N–H and O–H groups in total. The molecule has 0 saturated carbocycles. The quantitative estimate of drug-likeness (QED) is 0.487. The predicted octanol–water partition coefficient (Wildman–Crippen LogP) is 3.40. The van der Waals surface area contributed by atoms with Crippen molar-refractivity contribution in [1.29, 1.82) is 0 Å². The van der Waals surface area contributed by atoms with E-state index in [4.69, 9.17) is 10.5 Å². The molecular formula is C22H21N3O5S2. The van der Waals surface area contributed by atoms with Crippen molar-refractivity contribution in [3.05, 3.63) is 70.1 Å². The molecule has 0 aliphatic heterocycles. The number of carbonyl (C=O) groups is 2. The number of carbonyl (C=O) groups excluding carboxylic acids is 2. The highest BCUT2D eigenvalue weighted by Gasteiger charge is 2.26. The number of sulfonamides is 1. The number of nitrogens with one attached hydrogen (secondary N) is 2. The van der Waals surface area contributed by atoms with Gasteiger partial charge in [0.1, 0.15) is 10.8 Å². The lowest BCUT2D eigenvalue weighted by molar-refractivity contribution is 0.100. The van der Waals surface area contributed by atoms with E-state index in [1.165, 1.54) is 36.6 Å². The third kappa shape index (κ3) is 4.32. The number of hydrogen-bond acceptors (Lipinski definition) is 6. The van der Waals surface area contributed by atoms with Crippen LogP contribution >= 0.6 is 11.3 Å². The standard InChI is InChI=1S/C22H21N3O5S2/c1-30-15-8-10-16(11-9-15)32(28,29)25-14-5-2-4-13(12-14)21(27)24-22-19(20(23)26)17-6-3-7-18(17)31-22/h2,4-5,8-12,25H,3,6-7H2,1H3,(H2,23,26)(H,24,27). The van der Waals surface area contributed by atoms with Crippen LogP contribution in [0, 0.1) is 0 Å². The second-order valence-electron chi connectivity index (χ2n) is 7.24. The first-order chi connectivity index (χ1) is 15.3. The fourth-order valence-electron chi connectivity index (χ4n) is 3.62. The molecule has 0 atom stereocenters. The van der Waals surface area contributed by atoms with Crippen LogP contribution < -0.4 is 20.5 Å². The first-order valence-electron chi connectivity index (χ1n) is 9.81. The first kappa shape index (κ1) is 21.8. The molecule has 0 radical (unpaired) electrons. The third-order valence-electron chi connectivity index (χ3n) is 5.14. The number of benzene rings is 2. The number of amides is 2. The smallest absolute Gasteiger partial charge is 0.261 e. The van der Waals surface area contributed by atoms with Crippen LogP contribution in [0.2, 0.25) is 0 Å². The van der Waals surface area contributed by atoms with Crippen LogP contribution in [-0.2, 0) is 22.9 Å². The molecule has 2 aromatic carbocycles. The second-order valence-corrected chi connectivity index (χ2v) is 10.0. The molecule has 2 amide bonds.